The van der Waals surface area contributed by atoms with Gasteiger partial charge in [-0.05, 0) is 55.5 Å². The van der Waals surface area contributed by atoms with Crippen molar-refractivity contribution in [3.8, 4) is 11.5 Å². The van der Waals surface area contributed by atoms with E-state index in [0.29, 0.717) is 16.5 Å². The zero-order valence-electron chi connectivity index (χ0n) is 14.1. The largest absolute Gasteiger partial charge is 0.457 e. The lowest BCUT2D eigenvalue weighted by atomic mass is 10.1. The summed E-state index contributed by atoms with van der Waals surface area (Å²) in [6.07, 6.45) is 0. The smallest absolute Gasteiger partial charge is 0.322 e. The molecular weight excluding hydrogens is 394 g/mol. The molecule has 2 aromatic carbocycles. The van der Waals surface area contributed by atoms with Crippen LogP contribution in [0.5, 0.6) is 11.5 Å². The molecule has 3 amide bonds. The molecule has 8 nitrogen and oxygen atoms in total. The van der Waals surface area contributed by atoms with E-state index in [-0.39, 0.29) is 4.90 Å². The predicted octanol–water partition coefficient (Wildman–Crippen LogP) is 2.01. The van der Waals surface area contributed by atoms with Crippen molar-refractivity contribution in [1.29, 1.82) is 0 Å². The Kier molecular flexibility index (Phi) is 5.36. The van der Waals surface area contributed by atoms with Crippen molar-refractivity contribution >= 4 is 33.6 Å². The Morgan fingerprint density at radius 3 is 2.11 bits per heavy atom. The van der Waals surface area contributed by atoms with Crippen LogP contribution >= 0.6 is 11.6 Å². The summed E-state index contributed by atoms with van der Waals surface area (Å²) in [5.41, 5.74) is 0. The molecule has 10 heteroatoms. The number of imide groups is 1. The van der Waals surface area contributed by atoms with E-state index in [4.69, 9.17) is 16.3 Å². The molecule has 0 radical (unpaired) electrons. The second kappa shape index (κ2) is 7.55. The minimum atomic E-state index is -3.89. The number of nitrogens with one attached hydrogen (secondary N) is 3. The number of hydrogen-bond donors (Lipinski definition) is 3. The van der Waals surface area contributed by atoms with E-state index in [0.717, 1.165) is 0 Å². The highest BCUT2D eigenvalue weighted by Crippen LogP contribution is 2.24. The van der Waals surface area contributed by atoms with E-state index in [1.807, 2.05) is 0 Å². The van der Waals surface area contributed by atoms with E-state index < -0.39 is 34.0 Å². The number of urea groups is 1. The number of carbonyl (C=O) groups excluding carboxylic acids is 2. The van der Waals surface area contributed by atoms with Crippen molar-refractivity contribution in [2.45, 2.75) is 23.9 Å². The molecule has 2 aromatic rings. The van der Waals surface area contributed by atoms with Crippen molar-refractivity contribution in [2.75, 3.05) is 0 Å². The number of carbonyl (C=O) groups is 2. The third-order valence-electron chi connectivity index (χ3n) is 3.83. The monoisotopic (exact) mass is 409 g/mol. The molecule has 0 aromatic heterocycles. The molecule has 0 aliphatic carbocycles. The summed E-state index contributed by atoms with van der Waals surface area (Å²) in [5.74, 6) is 0.429. The summed E-state index contributed by atoms with van der Waals surface area (Å²) in [6, 6.07) is 10.1. The van der Waals surface area contributed by atoms with E-state index in [2.05, 4.69) is 15.4 Å². The minimum Gasteiger partial charge on any atom is -0.457 e. The summed E-state index contributed by atoms with van der Waals surface area (Å²) < 4.78 is 33.0. The number of halogens is 1. The topological polar surface area (TPSA) is 114 Å². The summed E-state index contributed by atoms with van der Waals surface area (Å²) in [6.45, 7) is 1.49. The molecule has 1 aliphatic heterocycles. The van der Waals surface area contributed by atoms with E-state index >= 15 is 0 Å². The quantitative estimate of drug-likeness (QED) is 0.631. The van der Waals surface area contributed by atoms with Crippen molar-refractivity contribution in [1.82, 2.24) is 15.4 Å². The fraction of sp³-hybridized carbons (Fsp3) is 0.176. The Hall–Kier alpha value is -2.62. The average molecular weight is 410 g/mol. The van der Waals surface area contributed by atoms with Gasteiger partial charge in [-0.3, -0.25) is 10.1 Å². The Bertz CT molecular complexity index is 961. The van der Waals surface area contributed by atoms with E-state index in [9.17, 15) is 18.0 Å². The number of benzene rings is 2. The SMILES string of the molecule is C[C@@H](NS(=O)(=O)c1ccc(Oc2ccc(Cl)cc2)cc1)[C@@H]1NC(=O)NC1=O. The molecule has 27 heavy (non-hydrogen) atoms. The lowest BCUT2D eigenvalue weighted by Crippen LogP contribution is -2.49. The van der Waals surface area contributed by atoms with Gasteiger partial charge in [0.25, 0.3) is 5.91 Å². The van der Waals surface area contributed by atoms with Gasteiger partial charge in [-0.15, -0.1) is 0 Å². The summed E-state index contributed by atoms with van der Waals surface area (Å²) in [4.78, 5) is 22.8. The first-order valence-electron chi connectivity index (χ1n) is 7.92. The Balaban J connectivity index is 1.68. The van der Waals surface area contributed by atoms with Crippen LogP contribution in [-0.4, -0.2) is 32.4 Å². The molecule has 3 N–H and O–H groups in total. The van der Waals surface area contributed by atoms with Crippen LogP contribution in [0.3, 0.4) is 0 Å². The first-order chi connectivity index (χ1) is 12.7. The summed E-state index contributed by atoms with van der Waals surface area (Å²) in [7, 11) is -3.89. The molecule has 0 spiro atoms. The van der Waals surface area contributed by atoms with Crippen LogP contribution < -0.4 is 20.1 Å². The second-order valence-electron chi connectivity index (χ2n) is 5.88. The van der Waals surface area contributed by atoms with Crippen LogP contribution in [0.15, 0.2) is 53.4 Å². The molecule has 1 heterocycles. The number of amides is 3. The van der Waals surface area contributed by atoms with Crippen LogP contribution in [-0.2, 0) is 14.8 Å². The molecule has 0 saturated carbocycles. The molecule has 0 unspecified atom stereocenters. The lowest BCUT2D eigenvalue weighted by Gasteiger charge is -2.18. The standard InChI is InChI=1S/C17H16ClN3O5S/c1-10(15-16(22)20-17(23)19-15)21-27(24,25)14-8-6-13(7-9-14)26-12-4-2-11(18)3-5-12/h2-10,15,21H,1H3,(H2,19,20,22,23)/t10-,15+/m1/s1. The van der Waals surface area contributed by atoms with Crippen LogP contribution in [0.2, 0.25) is 5.02 Å². The maximum atomic E-state index is 12.5. The minimum absolute atomic E-state index is 0.00235. The first-order valence-corrected chi connectivity index (χ1v) is 9.78. The highest BCUT2D eigenvalue weighted by Gasteiger charge is 2.36. The van der Waals surface area contributed by atoms with Crippen molar-refractivity contribution in [2.24, 2.45) is 0 Å². The van der Waals surface area contributed by atoms with Crippen LogP contribution in [0.25, 0.3) is 0 Å². The van der Waals surface area contributed by atoms with E-state index in [1.165, 1.54) is 31.2 Å². The van der Waals surface area contributed by atoms with Gasteiger partial charge in [0.1, 0.15) is 17.5 Å². The van der Waals surface area contributed by atoms with Crippen molar-refractivity contribution in [3.63, 3.8) is 0 Å². The number of sulfonamides is 1. The Morgan fingerprint density at radius 2 is 1.59 bits per heavy atom. The van der Waals surface area contributed by atoms with Gasteiger partial charge >= 0.3 is 6.03 Å². The van der Waals surface area contributed by atoms with Gasteiger partial charge in [0, 0.05) is 11.1 Å². The van der Waals surface area contributed by atoms with Gasteiger partial charge in [-0.2, -0.15) is 0 Å². The van der Waals surface area contributed by atoms with E-state index in [1.54, 1.807) is 24.3 Å². The lowest BCUT2D eigenvalue weighted by molar-refractivity contribution is -0.120. The zero-order valence-corrected chi connectivity index (χ0v) is 15.7. The Labute approximate surface area is 160 Å². The summed E-state index contributed by atoms with van der Waals surface area (Å²) >= 11 is 5.81. The average Bonchev–Trinajstić information content (AvgIpc) is 2.95. The van der Waals surface area contributed by atoms with Gasteiger partial charge in [0.15, 0.2) is 0 Å². The van der Waals surface area contributed by atoms with Gasteiger partial charge in [0.05, 0.1) is 4.90 Å². The zero-order chi connectivity index (χ0) is 19.6. The molecule has 142 valence electrons. The van der Waals surface area contributed by atoms with Gasteiger partial charge in [-0.1, -0.05) is 11.6 Å². The Morgan fingerprint density at radius 1 is 1.04 bits per heavy atom. The number of ether oxygens (including phenoxy) is 1. The third-order valence-corrected chi connectivity index (χ3v) is 5.66. The molecule has 1 fully saturated rings. The van der Waals surface area contributed by atoms with Crippen molar-refractivity contribution < 1.29 is 22.7 Å². The molecular formula is C17H16ClN3O5S. The molecule has 1 saturated heterocycles. The van der Waals surface area contributed by atoms with Crippen LogP contribution in [0.1, 0.15) is 6.92 Å². The van der Waals surface area contributed by atoms with Crippen LogP contribution in [0, 0.1) is 0 Å². The first kappa shape index (κ1) is 19.2. The molecule has 3 rings (SSSR count). The third kappa shape index (κ3) is 4.57. The molecule has 0 bridgehead atoms. The number of hydrogen-bond acceptors (Lipinski definition) is 5. The molecule has 1 aliphatic rings. The van der Waals surface area contributed by atoms with Gasteiger partial charge < -0.3 is 10.1 Å². The predicted molar refractivity (Wildman–Crippen MR) is 98.2 cm³/mol. The van der Waals surface area contributed by atoms with Gasteiger partial charge in [-0.25, -0.2) is 17.9 Å². The van der Waals surface area contributed by atoms with Gasteiger partial charge in [0.2, 0.25) is 10.0 Å². The van der Waals surface area contributed by atoms with Crippen molar-refractivity contribution in [3.05, 3.63) is 53.6 Å². The second-order valence-corrected chi connectivity index (χ2v) is 8.03. The normalized spacial score (nSPS) is 17.9. The fourth-order valence-electron chi connectivity index (χ4n) is 2.49. The molecule has 2 atom stereocenters. The maximum Gasteiger partial charge on any atom is 0.322 e. The highest BCUT2D eigenvalue weighted by molar-refractivity contribution is 7.89. The highest BCUT2D eigenvalue weighted by atomic mass is 35.5. The fourth-order valence-corrected chi connectivity index (χ4v) is 3.87. The summed E-state index contributed by atoms with van der Waals surface area (Å²) in [5, 5.41) is 5.00. The maximum absolute atomic E-state index is 12.5. The number of rotatable bonds is 6. The van der Waals surface area contributed by atoms with Crippen LogP contribution in [0.4, 0.5) is 4.79 Å².